The average molecular weight is 144 g/mol. The van der Waals surface area contributed by atoms with Crippen LogP contribution >= 0.6 is 0 Å². The number of rotatable bonds is 0. The topological polar surface area (TPSA) is 0 Å². The van der Waals surface area contributed by atoms with Gasteiger partial charge in [0, 0.05) is 57.2 Å². The molecule has 0 nitrogen and oxygen atoms in total. The molecule has 0 aliphatic carbocycles. The van der Waals surface area contributed by atoms with E-state index in [4.69, 9.17) is 0 Å². The molecule has 0 atom stereocenters. The molecule has 4 heavy (non-hydrogen) atoms. The fourth-order valence-corrected chi connectivity index (χ4v) is 0. The molecule has 8 radical (unpaired) electrons. The van der Waals surface area contributed by atoms with E-state index >= 15 is 0 Å². The zero-order valence-corrected chi connectivity index (χ0v) is 5.52. The van der Waals surface area contributed by atoms with Crippen LogP contribution in [0.25, 0.3) is 0 Å². The summed E-state index contributed by atoms with van der Waals surface area (Å²) in [5, 5.41) is 0. The Labute approximate surface area is 57.1 Å². The first-order valence-electron chi connectivity index (χ1n) is 0. The second kappa shape index (κ2) is 25.2. The molecule has 0 amide bonds. The van der Waals surface area contributed by atoms with Crippen molar-refractivity contribution < 1.29 is 38.8 Å². The van der Waals surface area contributed by atoms with Crippen molar-refractivity contribution in [2.45, 2.75) is 0 Å². The minimum atomic E-state index is 0. The van der Waals surface area contributed by atoms with Gasteiger partial charge >= 0.3 is 0 Å². The van der Waals surface area contributed by atoms with Gasteiger partial charge in [-0.1, -0.05) is 0 Å². The summed E-state index contributed by atoms with van der Waals surface area (Å²) in [6.45, 7) is 0. The van der Waals surface area contributed by atoms with Crippen LogP contribution < -0.4 is 0 Å². The van der Waals surface area contributed by atoms with Gasteiger partial charge in [0.25, 0.3) is 0 Å². The van der Waals surface area contributed by atoms with Crippen LogP contribution in [0, 0.1) is 7.43 Å². The maximum atomic E-state index is 0. The largest absolute Gasteiger partial charge is 0 e. The molecule has 20 valence electrons. The molecule has 0 aliphatic rings. The minimum absolute atomic E-state index is 0. The second-order valence-electron chi connectivity index (χ2n) is 0. The van der Waals surface area contributed by atoms with Crippen LogP contribution in [0.2, 0.25) is 0 Å². The molecule has 0 saturated carbocycles. The predicted molar refractivity (Wildman–Crippen MR) is 9.00 cm³/mol. The van der Waals surface area contributed by atoms with E-state index in [9.17, 15) is 0 Å². The van der Waals surface area contributed by atoms with E-state index in [1.807, 2.05) is 0 Å². The summed E-state index contributed by atoms with van der Waals surface area (Å²) >= 11 is 0. The van der Waals surface area contributed by atoms with Crippen molar-refractivity contribution in [3.63, 3.8) is 0 Å². The molecule has 0 rings (SSSR count). The standard InChI is InChI=1S/C.Fe.Si.Ti. The van der Waals surface area contributed by atoms with Crippen LogP contribution in [-0.2, 0) is 38.8 Å². The van der Waals surface area contributed by atoms with Gasteiger partial charge in [-0.25, -0.2) is 0 Å². The Kier molecular flexibility index (Phi) is 323. The van der Waals surface area contributed by atoms with Crippen molar-refractivity contribution in [3.05, 3.63) is 7.43 Å². The number of hydrogen-bond acceptors (Lipinski definition) is 0. The van der Waals surface area contributed by atoms with Crippen molar-refractivity contribution in [3.8, 4) is 0 Å². The average Bonchev–Trinajstić information content (AvgIpc) is 0. The van der Waals surface area contributed by atoms with Gasteiger partial charge in [-0.15, -0.1) is 0 Å². The van der Waals surface area contributed by atoms with Gasteiger partial charge in [0.05, 0.1) is 0 Å². The van der Waals surface area contributed by atoms with Crippen LogP contribution in [0.3, 0.4) is 0 Å². The van der Waals surface area contributed by atoms with Crippen LogP contribution in [0.1, 0.15) is 0 Å². The summed E-state index contributed by atoms with van der Waals surface area (Å²) in [5.74, 6) is 0. The molecule has 3 heteroatoms. The maximum Gasteiger partial charge on any atom is 0 e. The van der Waals surface area contributed by atoms with Crippen LogP contribution in [0.5, 0.6) is 0 Å². The van der Waals surface area contributed by atoms with E-state index in [0.29, 0.717) is 0 Å². The van der Waals surface area contributed by atoms with Crippen molar-refractivity contribution in [2.75, 3.05) is 0 Å². The van der Waals surface area contributed by atoms with E-state index in [0.717, 1.165) is 0 Å². The van der Waals surface area contributed by atoms with Crippen molar-refractivity contribution in [2.24, 2.45) is 0 Å². The van der Waals surface area contributed by atoms with Crippen LogP contribution in [0.15, 0.2) is 0 Å². The van der Waals surface area contributed by atoms with Gasteiger partial charge in [-0.05, 0) is 0 Å². The van der Waals surface area contributed by atoms with Gasteiger partial charge < -0.3 is 0 Å². The first-order valence-corrected chi connectivity index (χ1v) is 0. The molecule has 0 aromatic carbocycles. The smallest absolute Gasteiger partial charge is 0 e. The van der Waals surface area contributed by atoms with Crippen molar-refractivity contribution >= 4 is 11.0 Å². The monoisotopic (exact) mass is 144 g/mol. The Morgan fingerprint density at radius 1 is 1.00 bits per heavy atom. The van der Waals surface area contributed by atoms with E-state index < -0.39 is 0 Å². The molecule has 0 saturated heterocycles. The summed E-state index contributed by atoms with van der Waals surface area (Å²) < 4.78 is 0. The summed E-state index contributed by atoms with van der Waals surface area (Å²) in [6, 6.07) is 0. The summed E-state index contributed by atoms with van der Waals surface area (Å²) in [4.78, 5) is 0. The molecule has 0 unspecified atom stereocenters. The fraction of sp³-hybridized carbons (Fsp3) is 0. The SMILES string of the molecule is [C].[Fe].[Si].[Ti]. The van der Waals surface area contributed by atoms with Crippen LogP contribution in [0.4, 0.5) is 0 Å². The summed E-state index contributed by atoms with van der Waals surface area (Å²) in [5.41, 5.74) is 0. The molecule has 0 heterocycles. The zero-order chi connectivity index (χ0) is 0. The molecule has 0 bridgehead atoms. The third-order valence-corrected chi connectivity index (χ3v) is 0. The Morgan fingerprint density at radius 3 is 1.00 bits per heavy atom. The van der Waals surface area contributed by atoms with Gasteiger partial charge in [-0.2, -0.15) is 0 Å². The molecule has 0 aliphatic heterocycles. The van der Waals surface area contributed by atoms with Gasteiger partial charge in [-0.3, -0.25) is 0 Å². The Morgan fingerprint density at radius 2 is 1.00 bits per heavy atom. The zero-order valence-electron chi connectivity index (χ0n) is 1.85. The number of hydrogen-bond donors (Lipinski definition) is 0. The first-order chi connectivity index (χ1) is 0. The van der Waals surface area contributed by atoms with Crippen molar-refractivity contribution in [1.29, 1.82) is 0 Å². The Hall–Kier alpha value is 1.45. The first kappa shape index (κ1) is 51.3. The third-order valence-electron chi connectivity index (χ3n) is 0. The van der Waals surface area contributed by atoms with E-state index in [1.165, 1.54) is 0 Å². The van der Waals surface area contributed by atoms with E-state index in [1.54, 1.807) is 0 Å². The second-order valence-corrected chi connectivity index (χ2v) is 0. The van der Waals surface area contributed by atoms with E-state index in [-0.39, 0.29) is 57.2 Å². The van der Waals surface area contributed by atoms with Gasteiger partial charge in [0.1, 0.15) is 0 Å². The normalized spacial score (nSPS) is 0. The molecular weight excluding hydrogens is 144 g/mol. The van der Waals surface area contributed by atoms with E-state index in [2.05, 4.69) is 0 Å². The summed E-state index contributed by atoms with van der Waals surface area (Å²) in [6.07, 6.45) is 0. The predicted octanol–water partition coefficient (Wildman–Crippen LogP) is -0.305. The molecule has 0 aromatic rings. The van der Waals surface area contributed by atoms with Gasteiger partial charge in [0.15, 0.2) is 0 Å². The molecule has 0 N–H and O–H groups in total. The third kappa shape index (κ3) is 9.85. The Balaban J connectivity index is 0. The molecule has 0 fully saturated rings. The quantitative estimate of drug-likeness (QED) is 0.409. The summed E-state index contributed by atoms with van der Waals surface area (Å²) in [7, 11) is 0. The maximum absolute atomic E-state index is 0. The fourth-order valence-electron chi connectivity index (χ4n) is 0. The van der Waals surface area contributed by atoms with Gasteiger partial charge in [0.2, 0.25) is 0 Å². The van der Waals surface area contributed by atoms with Crippen molar-refractivity contribution in [1.82, 2.24) is 0 Å². The Bertz CT molecular complexity index is 8.00. The minimum Gasteiger partial charge on any atom is 0 e. The molecule has 0 spiro atoms. The van der Waals surface area contributed by atoms with Crippen LogP contribution in [-0.4, -0.2) is 11.0 Å². The molecular formula is CFeSiTi. The molecule has 0 aromatic heterocycles.